The first-order chi connectivity index (χ1) is 8.24. The average molecular weight is 225 g/mol. The Balaban J connectivity index is 2.13. The average Bonchev–Trinajstić information content (AvgIpc) is 2.83. The summed E-state index contributed by atoms with van der Waals surface area (Å²) >= 11 is 0. The van der Waals surface area contributed by atoms with Gasteiger partial charge in [-0.3, -0.25) is 4.79 Å². The first-order valence-corrected chi connectivity index (χ1v) is 5.45. The van der Waals surface area contributed by atoms with Gasteiger partial charge < -0.3 is 4.98 Å². The van der Waals surface area contributed by atoms with Crippen LogP contribution in [0.25, 0.3) is 0 Å². The largest absolute Gasteiger partial charge is 0.360 e. The van der Waals surface area contributed by atoms with Gasteiger partial charge in [-0.15, -0.1) is 0 Å². The van der Waals surface area contributed by atoms with E-state index in [1.54, 1.807) is 6.20 Å². The number of nitrogens with one attached hydrogen (secondary N) is 1. The van der Waals surface area contributed by atoms with Crippen molar-refractivity contribution in [1.29, 1.82) is 0 Å². The molecule has 0 spiro atoms. The Labute approximate surface area is 98.4 Å². The standard InChI is InChI=1S/C13H11N3O/c1-8-5-9-12(17)6-11(10-3-2-4-14-10)16-13(9)15-7-8/h2-5,7,14H,6H2,1H3. The van der Waals surface area contributed by atoms with E-state index in [2.05, 4.69) is 15.0 Å². The van der Waals surface area contributed by atoms with Crippen molar-refractivity contribution in [1.82, 2.24) is 9.97 Å². The smallest absolute Gasteiger partial charge is 0.172 e. The Morgan fingerprint density at radius 2 is 2.29 bits per heavy atom. The molecule has 0 unspecified atom stereocenters. The second kappa shape index (κ2) is 3.66. The lowest BCUT2D eigenvalue weighted by Gasteiger charge is -2.13. The van der Waals surface area contributed by atoms with E-state index in [1.807, 2.05) is 31.3 Å². The number of carbonyl (C=O) groups is 1. The number of carbonyl (C=O) groups excluding carboxylic acids is 1. The summed E-state index contributed by atoms with van der Waals surface area (Å²) in [6, 6.07) is 5.64. The van der Waals surface area contributed by atoms with Gasteiger partial charge in [-0.2, -0.15) is 0 Å². The van der Waals surface area contributed by atoms with E-state index in [-0.39, 0.29) is 5.78 Å². The Hall–Kier alpha value is -2.23. The van der Waals surface area contributed by atoms with E-state index in [0.717, 1.165) is 17.0 Å². The number of hydrogen-bond donors (Lipinski definition) is 1. The molecule has 0 aliphatic carbocycles. The van der Waals surface area contributed by atoms with Crippen LogP contribution in [0.5, 0.6) is 0 Å². The van der Waals surface area contributed by atoms with Crippen LogP contribution < -0.4 is 0 Å². The van der Waals surface area contributed by atoms with Crippen molar-refractivity contribution >= 4 is 17.3 Å². The number of aromatic nitrogens is 2. The zero-order valence-corrected chi connectivity index (χ0v) is 9.40. The van der Waals surface area contributed by atoms with Gasteiger partial charge in [-0.1, -0.05) is 0 Å². The molecule has 3 heterocycles. The van der Waals surface area contributed by atoms with Crippen molar-refractivity contribution < 1.29 is 4.79 Å². The molecule has 2 aromatic heterocycles. The predicted octanol–water partition coefficient (Wildman–Crippen LogP) is 2.43. The number of rotatable bonds is 1. The minimum absolute atomic E-state index is 0.0794. The number of pyridine rings is 1. The molecule has 17 heavy (non-hydrogen) atoms. The molecule has 1 aliphatic heterocycles. The van der Waals surface area contributed by atoms with Crippen LogP contribution in [0, 0.1) is 6.92 Å². The van der Waals surface area contributed by atoms with E-state index < -0.39 is 0 Å². The van der Waals surface area contributed by atoms with Gasteiger partial charge in [0.25, 0.3) is 0 Å². The second-order valence-corrected chi connectivity index (χ2v) is 4.13. The molecule has 1 aliphatic rings. The first-order valence-electron chi connectivity index (χ1n) is 5.45. The molecule has 3 rings (SSSR count). The molecule has 0 saturated heterocycles. The second-order valence-electron chi connectivity index (χ2n) is 4.13. The molecule has 0 aromatic carbocycles. The van der Waals surface area contributed by atoms with Gasteiger partial charge in [0.2, 0.25) is 0 Å². The van der Waals surface area contributed by atoms with E-state index >= 15 is 0 Å². The molecule has 0 radical (unpaired) electrons. The topological polar surface area (TPSA) is 58.1 Å². The summed E-state index contributed by atoms with van der Waals surface area (Å²) in [7, 11) is 0. The van der Waals surface area contributed by atoms with E-state index in [0.29, 0.717) is 17.8 Å². The summed E-state index contributed by atoms with van der Waals surface area (Å²) in [6.45, 7) is 1.92. The number of aryl methyl sites for hydroxylation is 1. The third-order valence-corrected chi connectivity index (χ3v) is 2.78. The summed E-state index contributed by atoms with van der Waals surface area (Å²) in [5.74, 6) is 0.604. The van der Waals surface area contributed by atoms with Crippen molar-refractivity contribution in [3.8, 4) is 0 Å². The van der Waals surface area contributed by atoms with Crippen molar-refractivity contribution in [3.63, 3.8) is 0 Å². The highest BCUT2D eigenvalue weighted by molar-refractivity contribution is 6.19. The molecule has 0 atom stereocenters. The Kier molecular flexibility index (Phi) is 2.14. The number of ketones is 1. The molecule has 2 aromatic rings. The molecule has 0 amide bonds. The van der Waals surface area contributed by atoms with Crippen LogP contribution in [0.3, 0.4) is 0 Å². The highest BCUT2D eigenvalue weighted by atomic mass is 16.1. The lowest BCUT2D eigenvalue weighted by Crippen LogP contribution is -2.15. The molecular formula is C13H11N3O. The van der Waals surface area contributed by atoms with Crippen molar-refractivity contribution in [2.45, 2.75) is 13.3 Å². The predicted molar refractivity (Wildman–Crippen MR) is 64.9 cm³/mol. The highest BCUT2D eigenvalue weighted by Crippen LogP contribution is 2.25. The molecule has 0 bridgehead atoms. The number of H-pyrrole nitrogens is 1. The Morgan fingerprint density at radius 1 is 1.41 bits per heavy atom. The summed E-state index contributed by atoms with van der Waals surface area (Å²) < 4.78 is 0. The summed E-state index contributed by atoms with van der Waals surface area (Å²) in [5.41, 5.74) is 3.24. The van der Waals surface area contributed by atoms with Gasteiger partial charge >= 0.3 is 0 Å². The Bertz CT molecular complexity index is 612. The number of hydrogen-bond acceptors (Lipinski definition) is 3. The van der Waals surface area contributed by atoms with Gasteiger partial charge in [0, 0.05) is 12.4 Å². The van der Waals surface area contributed by atoms with Crippen LogP contribution in [-0.4, -0.2) is 21.5 Å². The van der Waals surface area contributed by atoms with Crippen LogP contribution >= 0.6 is 0 Å². The molecule has 0 saturated carbocycles. The van der Waals surface area contributed by atoms with E-state index in [1.165, 1.54) is 0 Å². The maximum absolute atomic E-state index is 12.0. The van der Waals surface area contributed by atoms with Crippen LogP contribution in [0.2, 0.25) is 0 Å². The third-order valence-electron chi connectivity index (χ3n) is 2.78. The third kappa shape index (κ3) is 1.67. The van der Waals surface area contributed by atoms with Gasteiger partial charge in [0.05, 0.1) is 23.4 Å². The monoisotopic (exact) mass is 225 g/mol. The van der Waals surface area contributed by atoms with Crippen LogP contribution in [-0.2, 0) is 0 Å². The van der Waals surface area contributed by atoms with Gasteiger partial charge in [-0.05, 0) is 30.7 Å². The summed E-state index contributed by atoms with van der Waals surface area (Å²) in [4.78, 5) is 23.7. The zero-order valence-electron chi connectivity index (χ0n) is 9.40. The lowest BCUT2D eigenvalue weighted by atomic mass is 10.0. The van der Waals surface area contributed by atoms with Gasteiger partial charge in [-0.25, -0.2) is 9.98 Å². The number of nitrogens with zero attached hydrogens (tertiary/aromatic N) is 2. The quantitative estimate of drug-likeness (QED) is 0.810. The van der Waals surface area contributed by atoms with Crippen LogP contribution in [0.1, 0.15) is 28.0 Å². The minimum atomic E-state index is 0.0794. The van der Waals surface area contributed by atoms with Gasteiger partial charge in [0.1, 0.15) is 0 Å². The highest BCUT2D eigenvalue weighted by Gasteiger charge is 2.22. The fourth-order valence-corrected chi connectivity index (χ4v) is 1.94. The normalized spacial score (nSPS) is 14.4. The maximum atomic E-state index is 12.0. The fourth-order valence-electron chi connectivity index (χ4n) is 1.94. The molecule has 4 nitrogen and oxygen atoms in total. The van der Waals surface area contributed by atoms with Crippen LogP contribution in [0.4, 0.5) is 5.82 Å². The summed E-state index contributed by atoms with van der Waals surface area (Å²) in [5, 5.41) is 0. The van der Waals surface area contributed by atoms with Crippen molar-refractivity contribution in [3.05, 3.63) is 47.4 Å². The zero-order chi connectivity index (χ0) is 11.8. The number of Topliss-reactive ketones (excluding diaryl/α,β-unsaturated/α-hetero) is 1. The van der Waals surface area contributed by atoms with E-state index in [4.69, 9.17) is 0 Å². The molecule has 0 fully saturated rings. The van der Waals surface area contributed by atoms with Gasteiger partial charge in [0.15, 0.2) is 11.6 Å². The number of aliphatic imine (C=N–C) groups is 1. The lowest BCUT2D eigenvalue weighted by molar-refractivity contribution is 0.0999. The first kappa shape index (κ1) is 9.96. The molecular weight excluding hydrogens is 214 g/mol. The molecule has 4 heteroatoms. The fraction of sp³-hybridized carbons (Fsp3) is 0.154. The van der Waals surface area contributed by atoms with E-state index in [9.17, 15) is 4.79 Å². The maximum Gasteiger partial charge on any atom is 0.172 e. The minimum Gasteiger partial charge on any atom is -0.360 e. The summed E-state index contributed by atoms with van der Waals surface area (Å²) in [6.07, 6.45) is 3.88. The van der Waals surface area contributed by atoms with Crippen molar-refractivity contribution in [2.75, 3.05) is 0 Å². The van der Waals surface area contributed by atoms with Crippen LogP contribution in [0.15, 0.2) is 35.6 Å². The molecule has 84 valence electrons. The Morgan fingerprint density at radius 3 is 3.06 bits per heavy atom. The number of fused-ring (bicyclic) bond motifs is 1. The number of aromatic amines is 1. The SMILES string of the molecule is Cc1cnc2c(c1)C(=O)CC(c1ccc[nH]1)=N2. The van der Waals surface area contributed by atoms with Crippen molar-refractivity contribution in [2.24, 2.45) is 4.99 Å². The molecule has 1 N–H and O–H groups in total.